The lowest BCUT2D eigenvalue weighted by atomic mass is 9.99. The number of hydrogen-bond acceptors (Lipinski definition) is 2. The summed E-state index contributed by atoms with van der Waals surface area (Å²) in [5.41, 5.74) is 6.74. The van der Waals surface area contributed by atoms with E-state index in [0.29, 0.717) is 17.1 Å². The molecule has 0 aliphatic heterocycles. The van der Waals surface area contributed by atoms with Gasteiger partial charge in [0.05, 0.1) is 6.04 Å². The van der Waals surface area contributed by atoms with Gasteiger partial charge in [-0.3, -0.25) is 0 Å². The van der Waals surface area contributed by atoms with Gasteiger partial charge in [0.15, 0.2) is 0 Å². The molecular formula is C13H13F2NO. The number of nitrogens with two attached hydrogens (primary N) is 1. The van der Waals surface area contributed by atoms with E-state index in [9.17, 15) is 8.78 Å². The average Bonchev–Trinajstić information content (AvgIpc) is 2.60. The molecule has 0 saturated heterocycles. The van der Waals surface area contributed by atoms with E-state index in [2.05, 4.69) is 0 Å². The monoisotopic (exact) mass is 237 g/mol. The number of furan rings is 1. The van der Waals surface area contributed by atoms with Crippen LogP contribution in [-0.2, 0) is 0 Å². The highest BCUT2D eigenvalue weighted by atomic mass is 19.1. The van der Waals surface area contributed by atoms with Gasteiger partial charge in [-0.05, 0) is 38.1 Å². The Morgan fingerprint density at radius 2 is 1.82 bits per heavy atom. The molecular weight excluding hydrogens is 224 g/mol. The molecule has 1 aromatic heterocycles. The quantitative estimate of drug-likeness (QED) is 0.871. The summed E-state index contributed by atoms with van der Waals surface area (Å²) in [6, 6.07) is 4.28. The predicted molar refractivity (Wildman–Crippen MR) is 60.6 cm³/mol. The van der Waals surface area contributed by atoms with Crippen molar-refractivity contribution in [2.45, 2.75) is 19.9 Å². The average molecular weight is 237 g/mol. The molecule has 0 bridgehead atoms. The van der Waals surface area contributed by atoms with E-state index in [0.717, 1.165) is 18.2 Å². The number of hydrogen-bond donors (Lipinski definition) is 1. The van der Waals surface area contributed by atoms with Crippen molar-refractivity contribution < 1.29 is 13.2 Å². The maximum absolute atomic E-state index is 13.6. The summed E-state index contributed by atoms with van der Waals surface area (Å²) in [4.78, 5) is 0. The molecule has 0 saturated carbocycles. The van der Waals surface area contributed by atoms with Crippen LogP contribution in [0.4, 0.5) is 8.78 Å². The third kappa shape index (κ3) is 2.22. The second-order valence-corrected chi connectivity index (χ2v) is 4.01. The summed E-state index contributed by atoms with van der Waals surface area (Å²) in [6.07, 6.45) is 0. The Bertz CT molecular complexity index is 548. The molecule has 4 heteroatoms. The van der Waals surface area contributed by atoms with Crippen molar-refractivity contribution in [2.24, 2.45) is 5.73 Å². The van der Waals surface area contributed by atoms with Crippen LogP contribution in [0.2, 0.25) is 0 Å². The smallest absolute Gasteiger partial charge is 0.128 e. The minimum Gasteiger partial charge on any atom is -0.466 e. The lowest BCUT2D eigenvalue weighted by molar-refractivity contribution is 0.498. The maximum atomic E-state index is 13.6. The zero-order chi connectivity index (χ0) is 12.6. The third-order valence-corrected chi connectivity index (χ3v) is 2.71. The van der Waals surface area contributed by atoms with Crippen LogP contribution in [0.25, 0.3) is 0 Å². The van der Waals surface area contributed by atoms with Crippen LogP contribution in [0.15, 0.2) is 28.7 Å². The lowest BCUT2D eigenvalue weighted by Gasteiger charge is -2.12. The first kappa shape index (κ1) is 11.8. The first-order chi connectivity index (χ1) is 7.99. The Labute approximate surface area is 98.0 Å². The van der Waals surface area contributed by atoms with Crippen molar-refractivity contribution in [3.63, 3.8) is 0 Å². The molecule has 1 aromatic carbocycles. The van der Waals surface area contributed by atoms with Gasteiger partial charge >= 0.3 is 0 Å². The molecule has 2 N–H and O–H groups in total. The molecule has 2 nitrogen and oxygen atoms in total. The zero-order valence-corrected chi connectivity index (χ0v) is 9.63. The van der Waals surface area contributed by atoms with Crippen molar-refractivity contribution in [1.29, 1.82) is 0 Å². The Balaban J connectivity index is 2.46. The van der Waals surface area contributed by atoms with E-state index >= 15 is 0 Å². The molecule has 1 heterocycles. The number of rotatable bonds is 2. The van der Waals surface area contributed by atoms with Crippen LogP contribution in [-0.4, -0.2) is 0 Å². The fraction of sp³-hybridized carbons (Fsp3) is 0.231. The summed E-state index contributed by atoms with van der Waals surface area (Å²) in [5.74, 6) is 0.301. The number of benzene rings is 1. The molecule has 2 rings (SSSR count). The Kier molecular flexibility index (Phi) is 2.98. The van der Waals surface area contributed by atoms with Gasteiger partial charge in [-0.1, -0.05) is 0 Å². The van der Waals surface area contributed by atoms with Gasteiger partial charge in [0.25, 0.3) is 0 Å². The van der Waals surface area contributed by atoms with Gasteiger partial charge in [0, 0.05) is 11.1 Å². The molecule has 17 heavy (non-hydrogen) atoms. The van der Waals surface area contributed by atoms with Gasteiger partial charge < -0.3 is 10.2 Å². The van der Waals surface area contributed by atoms with E-state index in [1.165, 1.54) is 0 Å². The molecule has 0 aliphatic rings. The van der Waals surface area contributed by atoms with Crippen LogP contribution >= 0.6 is 0 Å². The van der Waals surface area contributed by atoms with Gasteiger partial charge in [0.2, 0.25) is 0 Å². The van der Waals surface area contributed by atoms with E-state index in [4.69, 9.17) is 10.2 Å². The second-order valence-electron chi connectivity index (χ2n) is 4.01. The van der Waals surface area contributed by atoms with Crippen molar-refractivity contribution in [2.75, 3.05) is 0 Å². The molecule has 1 unspecified atom stereocenters. The van der Waals surface area contributed by atoms with Crippen LogP contribution in [0.5, 0.6) is 0 Å². The van der Waals surface area contributed by atoms with Crippen molar-refractivity contribution >= 4 is 0 Å². The number of aryl methyl sites for hydroxylation is 2. The summed E-state index contributed by atoms with van der Waals surface area (Å²) in [5, 5.41) is 0. The fourth-order valence-electron chi connectivity index (χ4n) is 1.88. The van der Waals surface area contributed by atoms with Gasteiger partial charge in [-0.15, -0.1) is 0 Å². The minimum absolute atomic E-state index is 0.133. The van der Waals surface area contributed by atoms with Crippen molar-refractivity contribution in [1.82, 2.24) is 0 Å². The first-order valence-electron chi connectivity index (χ1n) is 5.26. The highest BCUT2D eigenvalue weighted by Gasteiger charge is 2.18. The highest BCUT2D eigenvalue weighted by molar-refractivity contribution is 5.34. The lowest BCUT2D eigenvalue weighted by Crippen LogP contribution is -2.14. The molecule has 0 spiro atoms. The SMILES string of the molecule is Cc1cc(C(N)c2cc(F)ccc2F)c(C)o1. The van der Waals surface area contributed by atoms with Crippen LogP contribution in [0.3, 0.4) is 0 Å². The zero-order valence-electron chi connectivity index (χ0n) is 9.63. The summed E-state index contributed by atoms with van der Waals surface area (Å²) in [6.45, 7) is 3.53. The van der Waals surface area contributed by atoms with Crippen LogP contribution < -0.4 is 5.73 Å². The largest absolute Gasteiger partial charge is 0.466 e. The van der Waals surface area contributed by atoms with E-state index in [-0.39, 0.29) is 5.56 Å². The molecule has 2 aromatic rings. The summed E-state index contributed by atoms with van der Waals surface area (Å²) in [7, 11) is 0. The standard InChI is InChI=1S/C13H13F2NO/c1-7-5-10(8(2)17-7)13(16)11-6-9(14)3-4-12(11)15/h3-6,13H,16H2,1-2H3. The number of halogens is 2. The Hall–Kier alpha value is -1.68. The molecule has 0 radical (unpaired) electrons. The minimum atomic E-state index is -0.719. The molecule has 0 aliphatic carbocycles. The highest BCUT2D eigenvalue weighted by Crippen LogP contribution is 2.27. The van der Waals surface area contributed by atoms with E-state index in [1.807, 2.05) is 0 Å². The van der Waals surface area contributed by atoms with Crippen molar-refractivity contribution in [3.05, 3.63) is 58.5 Å². The van der Waals surface area contributed by atoms with Crippen LogP contribution in [0, 0.1) is 25.5 Å². The molecule has 0 amide bonds. The van der Waals surface area contributed by atoms with E-state index in [1.54, 1.807) is 19.9 Å². The summed E-state index contributed by atoms with van der Waals surface area (Å²) >= 11 is 0. The predicted octanol–water partition coefficient (Wildman–Crippen LogP) is 3.22. The first-order valence-corrected chi connectivity index (χ1v) is 5.26. The maximum Gasteiger partial charge on any atom is 0.128 e. The van der Waals surface area contributed by atoms with Gasteiger partial charge in [-0.2, -0.15) is 0 Å². The van der Waals surface area contributed by atoms with Gasteiger partial charge in [0.1, 0.15) is 23.2 Å². The third-order valence-electron chi connectivity index (χ3n) is 2.71. The molecule has 90 valence electrons. The topological polar surface area (TPSA) is 39.2 Å². The second kappa shape index (κ2) is 4.30. The molecule has 1 atom stereocenters. The van der Waals surface area contributed by atoms with E-state index < -0.39 is 17.7 Å². The fourth-order valence-corrected chi connectivity index (χ4v) is 1.88. The Morgan fingerprint density at radius 1 is 1.12 bits per heavy atom. The normalized spacial score (nSPS) is 12.8. The molecule has 0 fully saturated rings. The van der Waals surface area contributed by atoms with Crippen LogP contribution in [0.1, 0.15) is 28.7 Å². The Morgan fingerprint density at radius 3 is 2.41 bits per heavy atom. The van der Waals surface area contributed by atoms with Gasteiger partial charge in [-0.25, -0.2) is 8.78 Å². The summed E-state index contributed by atoms with van der Waals surface area (Å²) < 4.78 is 32.0. The van der Waals surface area contributed by atoms with Crippen molar-refractivity contribution in [3.8, 4) is 0 Å².